The zero-order valence-corrected chi connectivity index (χ0v) is 7.76. The standard InChI is InChI=1S/C10H16O2/c1-7(2)10(12)5-4-8(3)9(11)6-10/h8,12H,1,4-6H2,2-3H3. The molecule has 68 valence electrons. The van der Waals surface area contributed by atoms with Crippen molar-refractivity contribution in [2.45, 2.75) is 38.7 Å². The third kappa shape index (κ3) is 1.58. The molecule has 0 aromatic rings. The highest BCUT2D eigenvalue weighted by atomic mass is 16.3. The Morgan fingerprint density at radius 1 is 1.75 bits per heavy atom. The van der Waals surface area contributed by atoms with Gasteiger partial charge >= 0.3 is 0 Å². The van der Waals surface area contributed by atoms with E-state index in [0.717, 1.165) is 6.42 Å². The van der Waals surface area contributed by atoms with Crippen molar-refractivity contribution in [3.05, 3.63) is 12.2 Å². The average molecular weight is 168 g/mol. The van der Waals surface area contributed by atoms with Crippen LogP contribution in [-0.2, 0) is 4.79 Å². The normalized spacial score (nSPS) is 36.6. The Kier molecular flexibility index (Phi) is 2.38. The predicted octanol–water partition coefficient (Wildman–Crippen LogP) is 1.68. The summed E-state index contributed by atoms with van der Waals surface area (Å²) in [6.45, 7) is 7.41. The summed E-state index contributed by atoms with van der Waals surface area (Å²) < 4.78 is 0. The van der Waals surface area contributed by atoms with Gasteiger partial charge in [0.1, 0.15) is 5.78 Å². The number of hydrogen-bond acceptors (Lipinski definition) is 2. The van der Waals surface area contributed by atoms with Crippen LogP contribution in [0.3, 0.4) is 0 Å². The predicted molar refractivity (Wildman–Crippen MR) is 47.8 cm³/mol. The molecule has 2 unspecified atom stereocenters. The zero-order valence-electron chi connectivity index (χ0n) is 7.76. The monoisotopic (exact) mass is 168 g/mol. The molecule has 0 bridgehead atoms. The summed E-state index contributed by atoms with van der Waals surface area (Å²) in [4.78, 5) is 11.3. The molecule has 0 aromatic carbocycles. The maximum atomic E-state index is 11.3. The smallest absolute Gasteiger partial charge is 0.138 e. The molecule has 0 saturated heterocycles. The number of carbonyl (C=O) groups excluding carboxylic acids is 1. The van der Waals surface area contributed by atoms with Gasteiger partial charge in [-0.2, -0.15) is 0 Å². The minimum Gasteiger partial charge on any atom is -0.385 e. The molecule has 0 aromatic heterocycles. The molecule has 1 N–H and O–H groups in total. The maximum Gasteiger partial charge on any atom is 0.138 e. The second-order valence-electron chi connectivity index (χ2n) is 3.89. The van der Waals surface area contributed by atoms with Crippen LogP contribution in [0.1, 0.15) is 33.1 Å². The minimum absolute atomic E-state index is 0.115. The van der Waals surface area contributed by atoms with E-state index in [1.807, 2.05) is 6.92 Å². The lowest BCUT2D eigenvalue weighted by Crippen LogP contribution is -2.39. The molecular weight excluding hydrogens is 152 g/mol. The number of ketones is 1. The third-order valence-electron chi connectivity index (χ3n) is 2.80. The van der Waals surface area contributed by atoms with Crippen molar-refractivity contribution in [3.63, 3.8) is 0 Å². The van der Waals surface area contributed by atoms with Crippen LogP contribution in [0.5, 0.6) is 0 Å². The summed E-state index contributed by atoms with van der Waals surface area (Å²) in [7, 11) is 0. The topological polar surface area (TPSA) is 37.3 Å². The van der Waals surface area contributed by atoms with Crippen LogP contribution in [0.4, 0.5) is 0 Å². The fourth-order valence-corrected chi connectivity index (χ4v) is 1.53. The molecule has 1 saturated carbocycles. The second-order valence-corrected chi connectivity index (χ2v) is 3.89. The average Bonchev–Trinajstić information content (AvgIpc) is 1.97. The van der Waals surface area contributed by atoms with Gasteiger partial charge in [0.25, 0.3) is 0 Å². The van der Waals surface area contributed by atoms with Crippen molar-refractivity contribution < 1.29 is 9.90 Å². The maximum absolute atomic E-state index is 11.3. The zero-order chi connectivity index (χ0) is 9.35. The lowest BCUT2D eigenvalue weighted by atomic mass is 9.75. The molecule has 2 heteroatoms. The van der Waals surface area contributed by atoms with Gasteiger partial charge in [-0.15, -0.1) is 0 Å². The minimum atomic E-state index is -0.913. The van der Waals surface area contributed by atoms with Gasteiger partial charge in [0.15, 0.2) is 0 Å². The lowest BCUT2D eigenvalue weighted by molar-refractivity contribution is -0.130. The highest BCUT2D eigenvalue weighted by molar-refractivity contribution is 5.83. The van der Waals surface area contributed by atoms with Crippen LogP contribution in [0.2, 0.25) is 0 Å². The van der Waals surface area contributed by atoms with E-state index in [4.69, 9.17) is 0 Å². The molecule has 1 aliphatic rings. The number of rotatable bonds is 1. The van der Waals surface area contributed by atoms with Crippen molar-refractivity contribution in [2.24, 2.45) is 5.92 Å². The Morgan fingerprint density at radius 2 is 2.33 bits per heavy atom. The van der Waals surface area contributed by atoms with Crippen molar-refractivity contribution in [1.82, 2.24) is 0 Å². The fourth-order valence-electron chi connectivity index (χ4n) is 1.53. The molecule has 2 atom stereocenters. The summed E-state index contributed by atoms with van der Waals surface area (Å²) in [6.07, 6.45) is 1.71. The first-order valence-corrected chi connectivity index (χ1v) is 4.37. The Bertz CT molecular complexity index is 220. The van der Waals surface area contributed by atoms with E-state index in [1.54, 1.807) is 6.92 Å². The first kappa shape index (κ1) is 9.46. The highest BCUT2D eigenvalue weighted by Gasteiger charge is 2.37. The molecule has 12 heavy (non-hydrogen) atoms. The van der Waals surface area contributed by atoms with Crippen molar-refractivity contribution in [2.75, 3.05) is 0 Å². The van der Waals surface area contributed by atoms with Gasteiger partial charge in [-0.3, -0.25) is 4.79 Å². The quantitative estimate of drug-likeness (QED) is 0.605. The summed E-state index contributed by atoms with van der Waals surface area (Å²) >= 11 is 0. The third-order valence-corrected chi connectivity index (χ3v) is 2.80. The molecule has 0 amide bonds. The van der Waals surface area contributed by atoms with E-state index in [0.29, 0.717) is 12.0 Å². The van der Waals surface area contributed by atoms with Gasteiger partial charge < -0.3 is 5.11 Å². The lowest BCUT2D eigenvalue weighted by Gasteiger charge is -2.34. The Labute approximate surface area is 73.3 Å². The Hall–Kier alpha value is -0.630. The number of Topliss-reactive ketones (excluding diaryl/α,β-unsaturated/α-hetero) is 1. The van der Waals surface area contributed by atoms with Crippen LogP contribution in [0.15, 0.2) is 12.2 Å². The van der Waals surface area contributed by atoms with Crippen molar-refractivity contribution in [1.29, 1.82) is 0 Å². The summed E-state index contributed by atoms with van der Waals surface area (Å²) in [5.41, 5.74) is -0.202. The van der Waals surface area contributed by atoms with Crippen LogP contribution >= 0.6 is 0 Å². The van der Waals surface area contributed by atoms with E-state index in [9.17, 15) is 9.90 Å². The van der Waals surface area contributed by atoms with Gasteiger partial charge in [-0.1, -0.05) is 13.5 Å². The van der Waals surface area contributed by atoms with Crippen LogP contribution < -0.4 is 0 Å². The first-order valence-electron chi connectivity index (χ1n) is 4.37. The first-order chi connectivity index (χ1) is 5.46. The molecular formula is C10H16O2. The van der Waals surface area contributed by atoms with Crippen molar-refractivity contribution >= 4 is 5.78 Å². The van der Waals surface area contributed by atoms with Gasteiger partial charge in [0, 0.05) is 12.3 Å². The van der Waals surface area contributed by atoms with Gasteiger partial charge in [-0.05, 0) is 25.3 Å². The van der Waals surface area contributed by atoms with E-state index >= 15 is 0 Å². The van der Waals surface area contributed by atoms with Crippen LogP contribution in [0, 0.1) is 5.92 Å². The summed E-state index contributed by atoms with van der Waals surface area (Å²) in [5.74, 6) is 0.274. The number of aliphatic hydroxyl groups is 1. The molecule has 1 fully saturated rings. The largest absolute Gasteiger partial charge is 0.385 e. The SMILES string of the molecule is C=C(C)C1(O)CCC(C)C(=O)C1. The Morgan fingerprint density at radius 3 is 2.75 bits per heavy atom. The van der Waals surface area contributed by atoms with Crippen molar-refractivity contribution in [3.8, 4) is 0 Å². The highest BCUT2D eigenvalue weighted by Crippen LogP contribution is 2.33. The van der Waals surface area contributed by atoms with Crippen LogP contribution in [-0.4, -0.2) is 16.5 Å². The molecule has 0 radical (unpaired) electrons. The molecule has 0 heterocycles. The molecule has 1 aliphatic carbocycles. The molecule has 2 nitrogen and oxygen atoms in total. The number of hydrogen-bond donors (Lipinski definition) is 1. The van der Waals surface area contributed by atoms with Crippen LogP contribution in [0.25, 0.3) is 0 Å². The van der Waals surface area contributed by atoms with Gasteiger partial charge in [-0.25, -0.2) is 0 Å². The van der Waals surface area contributed by atoms with Gasteiger partial charge in [0.2, 0.25) is 0 Å². The Balaban J connectivity index is 2.73. The van der Waals surface area contributed by atoms with E-state index < -0.39 is 5.60 Å². The van der Waals surface area contributed by atoms with Gasteiger partial charge in [0.05, 0.1) is 5.60 Å². The summed E-state index contributed by atoms with van der Waals surface area (Å²) in [5, 5.41) is 9.92. The van der Waals surface area contributed by atoms with E-state index in [2.05, 4.69) is 6.58 Å². The number of carbonyl (C=O) groups is 1. The fraction of sp³-hybridized carbons (Fsp3) is 0.700. The van der Waals surface area contributed by atoms with E-state index in [-0.39, 0.29) is 18.1 Å². The second kappa shape index (κ2) is 3.02. The molecule has 0 spiro atoms. The summed E-state index contributed by atoms with van der Waals surface area (Å²) in [6, 6.07) is 0. The molecule has 1 rings (SSSR count). The van der Waals surface area contributed by atoms with E-state index in [1.165, 1.54) is 0 Å². The molecule has 0 aliphatic heterocycles.